The van der Waals surface area contributed by atoms with E-state index in [9.17, 15) is 24.3 Å². The summed E-state index contributed by atoms with van der Waals surface area (Å²) >= 11 is 5.84. The number of nitrogens with one attached hydrogen (secondary N) is 2. The highest BCUT2D eigenvalue weighted by Gasteiger charge is 2.29. The molecule has 2 atom stereocenters. The number of halogens is 1. The molecule has 0 fully saturated rings. The van der Waals surface area contributed by atoms with Crippen LogP contribution in [0.1, 0.15) is 32.3 Å². The number of benzene rings is 1. The smallest absolute Gasteiger partial charge is 0.326 e. The molecule has 0 spiro atoms. The Morgan fingerprint density at radius 2 is 1.76 bits per heavy atom. The summed E-state index contributed by atoms with van der Waals surface area (Å²) in [5, 5.41) is 21.2. The Bertz CT molecular complexity index is 774. The van der Waals surface area contributed by atoms with E-state index in [1.807, 2.05) is 0 Å². The van der Waals surface area contributed by atoms with Crippen molar-refractivity contribution in [1.29, 1.82) is 0 Å². The number of hydrogen-bond acceptors (Lipinski definition) is 4. The summed E-state index contributed by atoms with van der Waals surface area (Å²) in [4.78, 5) is 48.6. The maximum absolute atomic E-state index is 12.7. The van der Waals surface area contributed by atoms with Crippen molar-refractivity contribution < 1.29 is 30.8 Å². The normalized spacial score (nSPS) is 13.2. The Morgan fingerprint density at radius 3 is 2.24 bits per heavy atom. The van der Waals surface area contributed by atoms with Crippen molar-refractivity contribution in [3.05, 3.63) is 34.9 Å². The van der Waals surface area contributed by atoms with Crippen molar-refractivity contribution in [2.24, 2.45) is 5.92 Å². The van der Waals surface area contributed by atoms with Crippen LogP contribution in [0.25, 0.3) is 0 Å². The second kappa shape index (κ2) is 11.3. The van der Waals surface area contributed by atoms with Crippen molar-refractivity contribution in [3.63, 3.8) is 0 Å². The summed E-state index contributed by atoms with van der Waals surface area (Å²) < 4.78 is 8.17. The Labute approximate surface area is 175 Å². The molecule has 29 heavy (non-hydrogen) atoms. The molecule has 0 aliphatic carbocycles. The molecule has 0 aliphatic heterocycles. The van der Waals surface area contributed by atoms with E-state index in [0.29, 0.717) is 10.3 Å². The Kier molecular flexibility index (Phi) is 8.72. The second-order valence-corrected chi connectivity index (χ2v) is 7.35. The number of carboxylic acid groups (broad SMARTS) is 2. The first kappa shape index (κ1) is 22.5. The third-order valence-electron chi connectivity index (χ3n) is 4.07. The van der Waals surface area contributed by atoms with Gasteiger partial charge in [-0.25, -0.2) is 9.59 Å². The lowest BCUT2D eigenvalue weighted by atomic mass is 10.0. The molecule has 0 bridgehead atoms. The molecule has 3 amide bonds. The molecule has 0 saturated carbocycles. The molecule has 1 aromatic rings. The summed E-state index contributed by atoms with van der Waals surface area (Å²) in [6.07, 6.45) is -0.763. The summed E-state index contributed by atoms with van der Waals surface area (Å²) in [6.45, 7) is 3.41. The lowest BCUT2D eigenvalue weighted by Gasteiger charge is -2.26. The zero-order chi connectivity index (χ0) is 23.0. The number of rotatable bonds is 10. The highest BCUT2D eigenvalue weighted by atomic mass is 35.5. The van der Waals surface area contributed by atoms with Crippen molar-refractivity contribution in [3.8, 4) is 0 Å². The maximum Gasteiger partial charge on any atom is 0.326 e. The average molecular weight is 429 g/mol. The Morgan fingerprint density at radius 1 is 1.17 bits per heavy atom. The van der Waals surface area contributed by atoms with Gasteiger partial charge in [0, 0.05) is 25.0 Å². The van der Waals surface area contributed by atoms with E-state index in [2.05, 4.69) is 5.32 Å². The van der Waals surface area contributed by atoms with Gasteiger partial charge in [0.15, 0.2) is 1.41 Å². The fourth-order valence-corrected chi connectivity index (χ4v) is 2.57. The van der Waals surface area contributed by atoms with E-state index in [-0.39, 0.29) is 13.0 Å². The van der Waals surface area contributed by atoms with Crippen LogP contribution in [0.5, 0.6) is 0 Å². The van der Waals surface area contributed by atoms with Crippen LogP contribution in [0.4, 0.5) is 4.79 Å². The molecule has 0 radical (unpaired) electrons. The zero-order valence-corrected chi connectivity index (χ0v) is 17.2. The van der Waals surface area contributed by atoms with Gasteiger partial charge in [0.1, 0.15) is 12.1 Å². The largest absolute Gasteiger partial charge is 0.481 e. The highest BCUT2D eigenvalue weighted by Crippen LogP contribution is 2.11. The number of urea groups is 1. The van der Waals surface area contributed by atoms with Crippen molar-refractivity contribution >= 4 is 35.5 Å². The average Bonchev–Trinajstić information content (AvgIpc) is 2.65. The van der Waals surface area contributed by atoms with Gasteiger partial charge < -0.3 is 25.7 Å². The van der Waals surface area contributed by atoms with Crippen LogP contribution in [0.3, 0.4) is 0 Å². The highest BCUT2D eigenvalue weighted by molar-refractivity contribution is 6.30. The lowest BCUT2D eigenvalue weighted by Crippen LogP contribution is -2.55. The van der Waals surface area contributed by atoms with Gasteiger partial charge in [0.05, 0.1) is 0 Å². The number of carbonyl (C=O) groups is 4. The molecule has 0 aromatic heterocycles. The molecular formula is C19H26ClN3O6. The van der Waals surface area contributed by atoms with E-state index >= 15 is 0 Å². The first-order valence-electron chi connectivity index (χ1n) is 9.41. The van der Waals surface area contributed by atoms with Gasteiger partial charge in [-0.05, 0) is 30.0 Å². The molecule has 9 nitrogen and oxygen atoms in total. The minimum absolute atomic E-state index is 0.175. The van der Waals surface area contributed by atoms with Crippen LogP contribution in [0, 0.1) is 5.92 Å². The number of nitrogens with zero attached hydrogens (tertiary/aromatic N) is 1. The molecule has 0 unspecified atom stereocenters. The number of carbonyl (C=O) groups excluding carboxylic acids is 2. The van der Waals surface area contributed by atoms with Gasteiger partial charge >= 0.3 is 18.0 Å². The van der Waals surface area contributed by atoms with Gasteiger partial charge in [-0.3, -0.25) is 9.59 Å². The molecule has 10 heteroatoms. The second-order valence-electron chi connectivity index (χ2n) is 6.91. The first-order valence-corrected chi connectivity index (χ1v) is 9.34. The van der Waals surface area contributed by atoms with Crippen LogP contribution >= 0.6 is 11.6 Å². The standard InChI is InChI=1S/C19H26ClN3O6/c1-11(2)16(17(26)21-14(18(27)28)8-9-15(24)25)22-19(29)23(3)10-12-4-6-13(20)7-5-12/h4-7,11,14,16H,8-10H2,1-3H3,(H,21,26)(H,22,29)(H,24,25)(H,27,28)/t14-,16-/m0/s1/i/hD. The molecule has 160 valence electrons. The number of aliphatic carboxylic acids is 2. The molecule has 0 heterocycles. The monoisotopic (exact) mass is 428 g/mol. The van der Waals surface area contributed by atoms with E-state index in [4.69, 9.17) is 18.1 Å². The summed E-state index contributed by atoms with van der Waals surface area (Å²) in [5.41, 5.74) is 0.772. The molecule has 0 aliphatic rings. The van der Waals surface area contributed by atoms with Crippen LogP contribution < -0.4 is 10.6 Å². The Hall–Kier alpha value is -2.81. The van der Waals surface area contributed by atoms with Gasteiger partial charge in [-0.1, -0.05) is 37.6 Å². The fourth-order valence-electron chi connectivity index (χ4n) is 2.44. The van der Waals surface area contributed by atoms with Gasteiger partial charge in [0.2, 0.25) is 5.91 Å². The van der Waals surface area contributed by atoms with E-state index in [0.717, 1.165) is 5.56 Å². The van der Waals surface area contributed by atoms with Crippen molar-refractivity contribution in [2.45, 2.75) is 45.3 Å². The summed E-state index contributed by atoms with van der Waals surface area (Å²) in [7, 11) is 1.47. The van der Waals surface area contributed by atoms with Gasteiger partial charge in [-0.2, -0.15) is 0 Å². The predicted octanol–water partition coefficient (Wildman–Crippen LogP) is 1.94. The fraction of sp³-hybridized carbons (Fsp3) is 0.474. The summed E-state index contributed by atoms with van der Waals surface area (Å²) in [6, 6.07) is 3.33. The first-order chi connectivity index (χ1) is 13.9. The quantitative estimate of drug-likeness (QED) is 0.449. The number of carboxylic acids is 2. The number of amides is 3. The van der Waals surface area contributed by atoms with Crippen molar-refractivity contribution in [1.82, 2.24) is 15.5 Å². The van der Waals surface area contributed by atoms with E-state index < -0.39 is 48.3 Å². The Balaban J connectivity index is 2.88. The minimum Gasteiger partial charge on any atom is -0.481 e. The topological polar surface area (TPSA) is 136 Å². The van der Waals surface area contributed by atoms with Crippen LogP contribution in [-0.4, -0.2) is 58.1 Å². The van der Waals surface area contributed by atoms with E-state index in [1.54, 1.807) is 38.1 Å². The molecule has 1 aromatic carbocycles. The zero-order valence-electron chi connectivity index (χ0n) is 17.5. The van der Waals surface area contributed by atoms with E-state index in [1.165, 1.54) is 11.9 Å². The lowest BCUT2D eigenvalue weighted by molar-refractivity contribution is -0.143. The van der Waals surface area contributed by atoms with Crippen LogP contribution in [-0.2, 0) is 20.9 Å². The molecule has 0 saturated heterocycles. The number of hydrogen-bond donors (Lipinski definition) is 4. The van der Waals surface area contributed by atoms with Crippen LogP contribution in [0.15, 0.2) is 24.3 Å². The summed E-state index contributed by atoms with van der Waals surface area (Å²) in [5.74, 6) is -3.93. The van der Waals surface area contributed by atoms with Crippen LogP contribution in [0.2, 0.25) is 6.43 Å². The maximum atomic E-state index is 12.7. The van der Waals surface area contributed by atoms with Crippen molar-refractivity contribution in [2.75, 3.05) is 7.05 Å². The third kappa shape index (κ3) is 8.39. The molecular weight excluding hydrogens is 402 g/mol. The minimum atomic E-state index is -1.44. The molecule has 1 rings (SSSR count). The SMILES string of the molecule is [2H]N(C(=O)N(C)Cc1ccc(Cl)cc1)[C@H](C(=O)N[C@@H](CCC(=O)O)C(=O)O)C(C)C. The molecule has 4 N–H and O–H groups in total. The predicted molar refractivity (Wildman–Crippen MR) is 107 cm³/mol. The van der Waals surface area contributed by atoms with Gasteiger partial charge in [0.25, 0.3) is 0 Å². The third-order valence-corrected chi connectivity index (χ3v) is 4.32. The van der Waals surface area contributed by atoms with Gasteiger partial charge in [-0.15, -0.1) is 0 Å².